The number of amides is 3. The number of anilines is 3. The first-order valence-corrected chi connectivity index (χ1v) is 14.8. The Kier molecular flexibility index (Phi) is 9.28. The minimum absolute atomic E-state index is 0.0864. The van der Waals surface area contributed by atoms with Crippen LogP contribution in [0.15, 0.2) is 60.8 Å². The Hall–Kier alpha value is -4.32. The second kappa shape index (κ2) is 13.1. The van der Waals surface area contributed by atoms with Gasteiger partial charge in [0.2, 0.25) is 0 Å². The summed E-state index contributed by atoms with van der Waals surface area (Å²) in [5.74, 6) is 1.33. The fourth-order valence-electron chi connectivity index (χ4n) is 4.39. The fourth-order valence-corrected chi connectivity index (χ4v) is 4.80. The van der Waals surface area contributed by atoms with Crippen molar-refractivity contribution in [2.24, 2.45) is 0 Å². The maximum atomic E-state index is 13.1. The van der Waals surface area contributed by atoms with Crippen LogP contribution in [-0.4, -0.2) is 45.0 Å². The van der Waals surface area contributed by atoms with E-state index in [0.717, 1.165) is 29.8 Å². The number of aryl methyl sites for hydroxylation is 1. The van der Waals surface area contributed by atoms with Gasteiger partial charge in [-0.3, -0.25) is 10.6 Å². The van der Waals surface area contributed by atoms with Crippen LogP contribution in [0.4, 0.5) is 26.9 Å². The van der Waals surface area contributed by atoms with Crippen molar-refractivity contribution in [2.45, 2.75) is 46.0 Å². The Morgan fingerprint density at radius 2 is 1.64 bits per heavy atom. The zero-order chi connectivity index (χ0) is 31.4. The number of urea groups is 1. The SMILES string of the molecule is Cc1ccc(-n2nc(C(C)(C)C)cc2NC(=O)Nc2ccc(Oc3ccnc(NC(=O)ON4CCCC4)c3)c(Cl)c2Cl)cc1. The lowest BCUT2D eigenvalue weighted by molar-refractivity contribution is -0.0739. The lowest BCUT2D eigenvalue weighted by Crippen LogP contribution is -2.27. The molecular formula is C31H33Cl2N7O4. The Morgan fingerprint density at radius 1 is 0.909 bits per heavy atom. The summed E-state index contributed by atoms with van der Waals surface area (Å²) in [5.41, 5.74) is 2.77. The quantitative estimate of drug-likeness (QED) is 0.187. The van der Waals surface area contributed by atoms with Gasteiger partial charge in [-0.2, -0.15) is 5.10 Å². The molecule has 11 nitrogen and oxygen atoms in total. The van der Waals surface area contributed by atoms with Crippen LogP contribution in [0.1, 0.15) is 44.9 Å². The normalized spacial score (nSPS) is 13.4. The lowest BCUT2D eigenvalue weighted by Gasteiger charge is -2.15. The van der Waals surface area contributed by atoms with Gasteiger partial charge in [-0.25, -0.2) is 19.3 Å². The highest BCUT2D eigenvalue weighted by atomic mass is 35.5. The highest BCUT2D eigenvalue weighted by Crippen LogP contribution is 2.40. The van der Waals surface area contributed by atoms with Crippen LogP contribution in [0.25, 0.3) is 5.69 Å². The average molecular weight is 639 g/mol. The van der Waals surface area contributed by atoms with Gasteiger partial charge in [0, 0.05) is 36.8 Å². The number of nitrogens with zero attached hydrogens (tertiary/aromatic N) is 4. The first kappa shape index (κ1) is 31.1. The zero-order valence-corrected chi connectivity index (χ0v) is 26.3. The van der Waals surface area contributed by atoms with E-state index < -0.39 is 12.1 Å². The van der Waals surface area contributed by atoms with E-state index in [0.29, 0.717) is 24.7 Å². The minimum Gasteiger partial charge on any atom is -0.456 e. The molecule has 44 heavy (non-hydrogen) atoms. The molecule has 13 heteroatoms. The summed E-state index contributed by atoms with van der Waals surface area (Å²) >= 11 is 13.1. The van der Waals surface area contributed by atoms with Crippen LogP contribution in [0.2, 0.25) is 10.0 Å². The number of ether oxygens (including phenoxy) is 1. The topological polar surface area (TPSA) is 123 Å². The molecule has 2 aromatic heterocycles. The van der Waals surface area contributed by atoms with E-state index in [2.05, 4.69) is 41.7 Å². The number of carbonyl (C=O) groups is 2. The summed E-state index contributed by atoms with van der Waals surface area (Å²) < 4.78 is 7.60. The van der Waals surface area contributed by atoms with Gasteiger partial charge in [-0.15, -0.1) is 5.06 Å². The van der Waals surface area contributed by atoms with Crippen molar-refractivity contribution in [3.63, 3.8) is 0 Å². The Bertz CT molecular complexity index is 1660. The van der Waals surface area contributed by atoms with Gasteiger partial charge in [-0.05, 0) is 50.1 Å². The Morgan fingerprint density at radius 3 is 2.34 bits per heavy atom. The highest BCUT2D eigenvalue weighted by Gasteiger charge is 2.22. The number of halogens is 2. The third-order valence-electron chi connectivity index (χ3n) is 6.76. The van der Waals surface area contributed by atoms with Crippen LogP contribution in [0.5, 0.6) is 11.5 Å². The molecule has 5 rings (SSSR count). The summed E-state index contributed by atoms with van der Waals surface area (Å²) in [5, 5.41) is 14.7. The molecule has 1 aliphatic heterocycles. The monoisotopic (exact) mass is 637 g/mol. The summed E-state index contributed by atoms with van der Waals surface area (Å²) in [7, 11) is 0. The number of aromatic nitrogens is 3. The second-order valence-electron chi connectivity index (χ2n) is 11.3. The van der Waals surface area contributed by atoms with Gasteiger partial charge in [0.15, 0.2) is 0 Å². The number of nitrogens with one attached hydrogen (secondary N) is 3. The van der Waals surface area contributed by atoms with E-state index in [9.17, 15) is 9.59 Å². The van der Waals surface area contributed by atoms with Gasteiger partial charge < -0.3 is 14.9 Å². The largest absolute Gasteiger partial charge is 0.456 e. The van der Waals surface area contributed by atoms with Crippen molar-refractivity contribution in [2.75, 3.05) is 29.0 Å². The molecule has 1 fully saturated rings. The standard InChI is InChI=1S/C31H33Cl2N7O4/c1-19-7-9-20(10-8-19)40-26(18-24(38-40)31(2,3)4)37-29(41)35-22-11-12-23(28(33)27(22)32)43-21-13-14-34-25(17-21)36-30(42)44-39-15-5-6-16-39/h7-14,17-18H,5-6,15-16H2,1-4H3,(H,34,36,42)(H2,35,37,41). The van der Waals surface area contributed by atoms with Crippen LogP contribution >= 0.6 is 23.2 Å². The molecule has 2 aromatic carbocycles. The molecule has 1 saturated heterocycles. The molecule has 0 atom stereocenters. The van der Waals surface area contributed by atoms with E-state index in [1.54, 1.807) is 27.9 Å². The summed E-state index contributed by atoms with van der Waals surface area (Å²) in [6, 6.07) is 15.4. The van der Waals surface area contributed by atoms with Gasteiger partial charge in [-0.1, -0.05) is 61.7 Å². The van der Waals surface area contributed by atoms with E-state index in [-0.39, 0.29) is 32.7 Å². The summed E-state index contributed by atoms with van der Waals surface area (Å²) in [6.07, 6.45) is 2.80. The molecule has 0 radical (unpaired) electrons. The first-order valence-electron chi connectivity index (χ1n) is 14.1. The maximum Gasteiger partial charge on any atom is 0.431 e. The van der Waals surface area contributed by atoms with Crippen molar-refractivity contribution < 1.29 is 19.2 Å². The number of hydrogen-bond donors (Lipinski definition) is 3. The lowest BCUT2D eigenvalue weighted by atomic mass is 9.92. The van der Waals surface area contributed by atoms with Crippen molar-refractivity contribution in [3.05, 3.63) is 82.1 Å². The zero-order valence-electron chi connectivity index (χ0n) is 24.8. The van der Waals surface area contributed by atoms with Gasteiger partial charge >= 0.3 is 12.1 Å². The first-order chi connectivity index (χ1) is 21.0. The molecule has 4 aromatic rings. The van der Waals surface area contributed by atoms with Crippen molar-refractivity contribution in [1.29, 1.82) is 0 Å². The van der Waals surface area contributed by atoms with Crippen LogP contribution in [0.3, 0.4) is 0 Å². The van der Waals surface area contributed by atoms with Crippen molar-refractivity contribution in [1.82, 2.24) is 19.8 Å². The summed E-state index contributed by atoms with van der Waals surface area (Å²) in [4.78, 5) is 34.7. The molecule has 3 heterocycles. The van der Waals surface area contributed by atoms with Crippen molar-refractivity contribution >= 4 is 52.6 Å². The van der Waals surface area contributed by atoms with E-state index in [4.69, 9.17) is 37.9 Å². The third-order valence-corrected chi connectivity index (χ3v) is 7.62. The van der Waals surface area contributed by atoms with E-state index >= 15 is 0 Å². The van der Waals surface area contributed by atoms with E-state index in [1.807, 2.05) is 37.3 Å². The molecule has 0 aliphatic carbocycles. The predicted octanol–water partition coefficient (Wildman–Crippen LogP) is 8.18. The molecule has 1 aliphatic rings. The number of hydrogen-bond acceptors (Lipinski definition) is 7. The second-order valence-corrected chi connectivity index (χ2v) is 12.1. The number of hydroxylamine groups is 2. The molecule has 0 bridgehead atoms. The highest BCUT2D eigenvalue weighted by molar-refractivity contribution is 6.45. The molecule has 0 spiro atoms. The van der Waals surface area contributed by atoms with Gasteiger partial charge in [0.05, 0.1) is 22.1 Å². The maximum absolute atomic E-state index is 13.1. The van der Waals surface area contributed by atoms with Gasteiger partial charge in [0.25, 0.3) is 0 Å². The Balaban J connectivity index is 1.27. The molecule has 3 amide bonds. The van der Waals surface area contributed by atoms with Crippen LogP contribution in [0, 0.1) is 6.92 Å². The molecule has 0 saturated carbocycles. The molecule has 230 valence electrons. The average Bonchev–Trinajstić information content (AvgIpc) is 3.64. The predicted molar refractivity (Wildman–Crippen MR) is 171 cm³/mol. The number of benzene rings is 2. The number of rotatable bonds is 7. The molecule has 0 unspecified atom stereocenters. The Labute approximate surface area is 265 Å². The smallest absolute Gasteiger partial charge is 0.431 e. The molecular weight excluding hydrogens is 605 g/mol. The summed E-state index contributed by atoms with van der Waals surface area (Å²) in [6.45, 7) is 9.56. The minimum atomic E-state index is -0.636. The fraction of sp³-hybridized carbons (Fsp3) is 0.290. The number of pyridine rings is 1. The number of carbonyl (C=O) groups excluding carboxylic acids is 2. The van der Waals surface area contributed by atoms with Crippen LogP contribution < -0.4 is 20.7 Å². The van der Waals surface area contributed by atoms with E-state index in [1.165, 1.54) is 12.3 Å². The van der Waals surface area contributed by atoms with Crippen molar-refractivity contribution in [3.8, 4) is 17.2 Å². The molecule has 3 N–H and O–H groups in total. The van der Waals surface area contributed by atoms with Gasteiger partial charge in [0.1, 0.15) is 28.2 Å². The van der Waals surface area contributed by atoms with Crippen LogP contribution in [-0.2, 0) is 10.3 Å². The third kappa shape index (κ3) is 7.60.